The van der Waals surface area contributed by atoms with Crippen LogP contribution in [-0.4, -0.2) is 22.1 Å². The zero-order chi connectivity index (χ0) is 17.1. The first kappa shape index (κ1) is 15.3. The maximum atomic E-state index is 12.1. The van der Waals surface area contributed by atoms with Crippen LogP contribution < -0.4 is 10.6 Å². The number of rotatable bonds is 5. The SMILES string of the molecule is O=C(Nc1ccc(NC2OC2c2ccncc2)cc1)c1ccncc1. The fourth-order valence-electron chi connectivity index (χ4n) is 2.55. The van der Waals surface area contributed by atoms with E-state index in [2.05, 4.69) is 20.6 Å². The van der Waals surface area contributed by atoms with Crippen molar-refractivity contribution >= 4 is 17.3 Å². The number of hydrogen-bond acceptors (Lipinski definition) is 5. The van der Waals surface area contributed by atoms with Gasteiger partial charge in [-0.15, -0.1) is 0 Å². The molecular weight excluding hydrogens is 316 g/mol. The third-order valence-electron chi connectivity index (χ3n) is 3.92. The molecule has 2 aromatic heterocycles. The Morgan fingerprint density at radius 3 is 2.12 bits per heavy atom. The van der Waals surface area contributed by atoms with Crippen molar-refractivity contribution in [1.82, 2.24) is 9.97 Å². The van der Waals surface area contributed by atoms with Gasteiger partial charge in [-0.05, 0) is 54.1 Å². The van der Waals surface area contributed by atoms with Crippen molar-refractivity contribution in [2.24, 2.45) is 0 Å². The van der Waals surface area contributed by atoms with Crippen molar-refractivity contribution in [1.29, 1.82) is 0 Å². The second-order valence-corrected chi connectivity index (χ2v) is 5.67. The number of epoxide rings is 1. The van der Waals surface area contributed by atoms with E-state index < -0.39 is 0 Å². The number of nitrogens with zero attached hydrogens (tertiary/aromatic N) is 2. The van der Waals surface area contributed by atoms with Crippen molar-refractivity contribution in [3.8, 4) is 0 Å². The summed E-state index contributed by atoms with van der Waals surface area (Å²) in [4.78, 5) is 20.0. The molecule has 0 spiro atoms. The summed E-state index contributed by atoms with van der Waals surface area (Å²) in [5.41, 5.74) is 3.34. The van der Waals surface area contributed by atoms with Crippen molar-refractivity contribution in [3.63, 3.8) is 0 Å². The highest BCUT2D eigenvalue weighted by atomic mass is 16.6. The number of carbonyl (C=O) groups is 1. The largest absolute Gasteiger partial charge is 0.358 e. The second-order valence-electron chi connectivity index (χ2n) is 5.67. The lowest BCUT2D eigenvalue weighted by atomic mass is 10.2. The molecule has 1 saturated heterocycles. The standard InChI is InChI=1S/C19H16N4O2/c24-18(14-7-11-21-12-8-14)22-15-1-3-16(4-2-15)23-19-17(25-19)13-5-9-20-10-6-13/h1-12,17,19,23H,(H,22,24). The normalized spacial score (nSPS) is 18.4. The maximum Gasteiger partial charge on any atom is 0.255 e. The lowest BCUT2D eigenvalue weighted by Crippen LogP contribution is -2.12. The van der Waals surface area contributed by atoms with Gasteiger partial charge in [0.1, 0.15) is 6.10 Å². The molecule has 25 heavy (non-hydrogen) atoms. The Morgan fingerprint density at radius 1 is 0.840 bits per heavy atom. The van der Waals surface area contributed by atoms with E-state index in [1.54, 1.807) is 36.9 Å². The maximum absolute atomic E-state index is 12.1. The van der Waals surface area contributed by atoms with E-state index in [1.807, 2.05) is 36.4 Å². The number of anilines is 2. The van der Waals surface area contributed by atoms with Gasteiger partial charge in [-0.3, -0.25) is 14.8 Å². The molecule has 1 fully saturated rings. The van der Waals surface area contributed by atoms with Gasteiger partial charge in [-0.1, -0.05) is 0 Å². The Balaban J connectivity index is 1.34. The summed E-state index contributed by atoms with van der Waals surface area (Å²) in [7, 11) is 0. The van der Waals surface area contributed by atoms with Crippen LogP contribution in [0.3, 0.4) is 0 Å². The Hall–Kier alpha value is -3.25. The minimum absolute atomic E-state index is 0.0420. The number of nitrogens with one attached hydrogen (secondary N) is 2. The van der Waals surface area contributed by atoms with E-state index in [1.165, 1.54) is 0 Å². The van der Waals surface area contributed by atoms with Crippen LogP contribution in [0.2, 0.25) is 0 Å². The highest BCUT2D eigenvalue weighted by Crippen LogP contribution is 2.38. The molecular formula is C19H16N4O2. The summed E-state index contributed by atoms with van der Waals surface area (Å²) in [6, 6.07) is 14.8. The summed E-state index contributed by atoms with van der Waals surface area (Å²) < 4.78 is 5.65. The van der Waals surface area contributed by atoms with Gasteiger partial charge in [0, 0.05) is 41.7 Å². The Labute approximate surface area is 144 Å². The lowest BCUT2D eigenvalue weighted by molar-refractivity contribution is 0.102. The van der Waals surface area contributed by atoms with E-state index in [4.69, 9.17) is 4.74 Å². The van der Waals surface area contributed by atoms with E-state index >= 15 is 0 Å². The quantitative estimate of drug-likeness (QED) is 0.701. The summed E-state index contributed by atoms with van der Waals surface area (Å²) in [6.07, 6.45) is 6.71. The van der Waals surface area contributed by atoms with Crippen LogP contribution in [0.15, 0.2) is 73.3 Å². The van der Waals surface area contributed by atoms with Gasteiger partial charge in [0.15, 0.2) is 6.23 Å². The van der Waals surface area contributed by atoms with Crippen LogP contribution in [0, 0.1) is 0 Å². The van der Waals surface area contributed by atoms with Crippen LogP contribution in [0.25, 0.3) is 0 Å². The minimum Gasteiger partial charge on any atom is -0.358 e. The molecule has 6 nitrogen and oxygen atoms in total. The lowest BCUT2D eigenvalue weighted by Gasteiger charge is -2.07. The monoisotopic (exact) mass is 332 g/mol. The van der Waals surface area contributed by atoms with Gasteiger partial charge in [0.25, 0.3) is 5.91 Å². The summed E-state index contributed by atoms with van der Waals surface area (Å²) in [5.74, 6) is -0.161. The average molecular weight is 332 g/mol. The number of aromatic nitrogens is 2. The predicted molar refractivity (Wildman–Crippen MR) is 94.1 cm³/mol. The molecule has 0 bridgehead atoms. The molecule has 1 amide bonds. The average Bonchev–Trinajstić information content (AvgIpc) is 3.44. The van der Waals surface area contributed by atoms with Crippen LogP contribution in [-0.2, 0) is 4.74 Å². The van der Waals surface area contributed by atoms with Crippen molar-refractivity contribution in [2.45, 2.75) is 12.3 Å². The number of carbonyl (C=O) groups excluding carboxylic acids is 1. The topological polar surface area (TPSA) is 79.4 Å². The number of benzene rings is 1. The molecule has 6 heteroatoms. The number of hydrogen-bond donors (Lipinski definition) is 2. The Bertz CT molecular complexity index is 854. The van der Waals surface area contributed by atoms with Crippen molar-refractivity contribution < 1.29 is 9.53 Å². The molecule has 4 rings (SSSR count). The van der Waals surface area contributed by atoms with E-state index in [0.29, 0.717) is 5.56 Å². The molecule has 1 aliphatic heterocycles. The summed E-state index contributed by atoms with van der Waals surface area (Å²) in [6.45, 7) is 0. The first-order chi connectivity index (χ1) is 12.3. The van der Waals surface area contributed by atoms with Gasteiger partial charge in [0.2, 0.25) is 0 Å². The number of amides is 1. The third-order valence-corrected chi connectivity index (χ3v) is 3.92. The van der Waals surface area contributed by atoms with Crippen LogP contribution in [0.5, 0.6) is 0 Å². The highest BCUT2D eigenvalue weighted by Gasteiger charge is 2.40. The molecule has 2 unspecified atom stereocenters. The van der Waals surface area contributed by atoms with Crippen LogP contribution >= 0.6 is 0 Å². The molecule has 0 aliphatic carbocycles. The zero-order valence-corrected chi connectivity index (χ0v) is 13.3. The Morgan fingerprint density at radius 2 is 1.44 bits per heavy atom. The van der Waals surface area contributed by atoms with Gasteiger partial charge in [-0.2, -0.15) is 0 Å². The van der Waals surface area contributed by atoms with E-state index in [0.717, 1.165) is 16.9 Å². The number of ether oxygens (including phenoxy) is 1. The summed E-state index contributed by atoms with van der Waals surface area (Å²) in [5, 5.41) is 6.17. The van der Waals surface area contributed by atoms with E-state index in [-0.39, 0.29) is 18.2 Å². The molecule has 0 saturated carbocycles. The van der Waals surface area contributed by atoms with Crippen LogP contribution in [0.4, 0.5) is 11.4 Å². The molecule has 0 radical (unpaired) electrons. The predicted octanol–water partition coefficient (Wildman–Crippen LogP) is 3.24. The fourth-order valence-corrected chi connectivity index (χ4v) is 2.55. The molecule has 2 N–H and O–H groups in total. The van der Waals surface area contributed by atoms with Gasteiger partial charge in [0.05, 0.1) is 0 Å². The molecule has 1 aliphatic rings. The van der Waals surface area contributed by atoms with Gasteiger partial charge in [-0.25, -0.2) is 0 Å². The number of pyridine rings is 2. The minimum atomic E-state index is -0.161. The van der Waals surface area contributed by atoms with E-state index in [9.17, 15) is 4.79 Å². The summed E-state index contributed by atoms with van der Waals surface area (Å²) >= 11 is 0. The van der Waals surface area contributed by atoms with Crippen molar-refractivity contribution in [3.05, 3.63) is 84.4 Å². The fraction of sp³-hybridized carbons (Fsp3) is 0.105. The molecule has 1 aromatic carbocycles. The Kier molecular flexibility index (Phi) is 4.10. The first-order valence-corrected chi connectivity index (χ1v) is 7.93. The molecule has 124 valence electrons. The van der Waals surface area contributed by atoms with Gasteiger partial charge >= 0.3 is 0 Å². The smallest absolute Gasteiger partial charge is 0.255 e. The second kappa shape index (κ2) is 6.70. The molecule has 3 aromatic rings. The zero-order valence-electron chi connectivity index (χ0n) is 13.3. The first-order valence-electron chi connectivity index (χ1n) is 7.93. The molecule has 3 heterocycles. The molecule has 2 atom stereocenters. The third kappa shape index (κ3) is 3.64. The van der Waals surface area contributed by atoms with Gasteiger partial charge < -0.3 is 15.4 Å². The van der Waals surface area contributed by atoms with Crippen LogP contribution in [0.1, 0.15) is 22.0 Å². The van der Waals surface area contributed by atoms with Crippen molar-refractivity contribution in [2.75, 3.05) is 10.6 Å². The highest BCUT2D eigenvalue weighted by molar-refractivity contribution is 6.04.